The normalized spacial score (nSPS) is 18.1. The molecule has 3 N–H and O–H groups in total. The Morgan fingerprint density at radius 2 is 1.76 bits per heavy atom. The van der Waals surface area contributed by atoms with Crippen molar-refractivity contribution in [2.45, 2.75) is 58.3 Å². The molecule has 1 fully saturated rings. The molecular formula is C16H26N2O2S. The highest BCUT2D eigenvalue weighted by Gasteiger charge is 2.31. The Hall–Kier alpha value is -1.07. The van der Waals surface area contributed by atoms with Gasteiger partial charge in [-0.3, -0.25) is 0 Å². The topological polar surface area (TPSA) is 72.2 Å². The predicted octanol–water partition coefficient (Wildman–Crippen LogP) is 3.05. The van der Waals surface area contributed by atoms with Crippen LogP contribution in [0.2, 0.25) is 0 Å². The number of hydrogen-bond donors (Lipinski definition) is 2. The molecule has 0 unspecified atom stereocenters. The van der Waals surface area contributed by atoms with E-state index in [2.05, 4.69) is 11.6 Å². The van der Waals surface area contributed by atoms with Crippen molar-refractivity contribution in [3.8, 4) is 0 Å². The van der Waals surface area contributed by atoms with Crippen LogP contribution in [-0.2, 0) is 10.0 Å². The minimum atomic E-state index is -3.52. The maximum Gasteiger partial charge on any atom is 0.241 e. The lowest BCUT2D eigenvalue weighted by atomic mass is 9.89. The zero-order valence-electron chi connectivity index (χ0n) is 13.4. The highest BCUT2D eigenvalue weighted by atomic mass is 32.2. The summed E-state index contributed by atoms with van der Waals surface area (Å²) in [4.78, 5) is 0.340. The Kier molecular flexibility index (Phi) is 4.36. The molecule has 1 aliphatic carbocycles. The van der Waals surface area contributed by atoms with Gasteiger partial charge < -0.3 is 5.73 Å². The number of nitrogens with one attached hydrogen (secondary N) is 1. The lowest BCUT2D eigenvalue weighted by Gasteiger charge is -2.24. The van der Waals surface area contributed by atoms with Crippen LogP contribution in [0.5, 0.6) is 0 Å². The van der Waals surface area contributed by atoms with Gasteiger partial charge >= 0.3 is 0 Å². The SMILES string of the molecule is Cc1cc(C)c(S(=O)(=O)NCC2(C)CCCC2)c(C)c1N. The summed E-state index contributed by atoms with van der Waals surface area (Å²) in [5.41, 5.74) is 8.98. The number of nitrogen functional groups attached to an aromatic ring is 1. The van der Waals surface area contributed by atoms with Crippen molar-refractivity contribution in [3.63, 3.8) is 0 Å². The Morgan fingerprint density at radius 1 is 1.19 bits per heavy atom. The van der Waals surface area contributed by atoms with Crippen LogP contribution < -0.4 is 10.5 Å². The fourth-order valence-electron chi connectivity index (χ4n) is 3.34. The van der Waals surface area contributed by atoms with Crippen LogP contribution in [0.1, 0.15) is 49.3 Å². The fourth-order valence-corrected chi connectivity index (χ4v) is 5.02. The van der Waals surface area contributed by atoms with Gasteiger partial charge in [-0.1, -0.05) is 25.8 Å². The van der Waals surface area contributed by atoms with Gasteiger partial charge in [0.05, 0.1) is 4.90 Å². The number of anilines is 1. The van der Waals surface area contributed by atoms with Gasteiger partial charge in [0.1, 0.15) is 0 Å². The minimum absolute atomic E-state index is 0.0884. The molecule has 1 aromatic rings. The third-order valence-corrected chi connectivity index (χ3v) is 6.42. The maximum atomic E-state index is 12.7. The van der Waals surface area contributed by atoms with E-state index in [-0.39, 0.29) is 5.41 Å². The summed E-state index contributed by atoms with van der Waals surface area (Å²) in [5, 5.41) is 0. The van der Waals surface area contributed by atoms with Gasteiger partial charge in [0, 0.05) is 12.2 Å². The standard InChI is InChI=1S/C16H26N2O2S/c1-11-9-12(2)15(13(3)14(11)17)21(19,20)18-10-16(4)7-5-6-8-16/h9,18H,5-8,10,17H2,1-4H3. The van der Waals surface area contributed by atoms with Gasteiger partial charge in [-0.2, -0.15) is 0 Å². The summed E-state index contributed by atoms with van der Waals surface area (Å²) in [5.74, 6) is 0. The van der Waals surface area contributed by atoms with E-state index in [0.29, 0.717) is 22.7 Å². The monoisotopic (exact) mass is 310 g/mol. The molecule has 1 saturated carbocycles. The van der Waals surface area contributed by atoms with Gasteiger partial charge in [0.2, 0.25) is 10.0 Å². The Morgan fingerprint density at radius 3 is 2.33 bits per heavy atom. The van der Waals surface area contributed by atoms with Crippen molar-refractivity contribution < 1.29 is 8.42 Å². The molecule has 0 aliphatic heterocycles. The van der Waals surface area contributed by atoms with Gasteiger partial charge in [0.15, 0.2) is 0 Å². The number of aryl methyl sites for hydroxylation is 2. The largest absolute Gasteiger partial charge is 0.398 e. The second kappa shape index (κ2) is 5.61. The summed E-state index contributed by atoms with van der Waals surface area (Å²) in [6.45, 7) is 8.17. The Bertz CT molecular complexity index is 645. The first-order valence-corrected chi connectivity index (χ1v) is 9.00. The highest BCUT2D eigenvalue weighted by Crippen LogP contribution is 2.37. The summed E-state index contributed by atoms with van der Waals surface area (Å²) >= 11 is 0. The van der Waals surface area contributed by atoms with Crippen molar-refractivity contribution in [1.29, 1.82) is 0 Å². The molecule has 21 heavy (non-hydrogen) atoms. The van der Waals surface area contributed by atoms with Crippen LogP contribution >= 0.6 is 0 Å². The average molecular weight is 310 g/mol. The molecule has 0 saturated heterocycles. The molecule has 1 aliphatic rings. The van der Waals surface area contributed by atoms with E-state index in [1.54, 1.807) is 6.92 Å². The molecule has 0 amide bonds. The van der Waals surface area contributed by atoms with Crippen molar-refractivity contribution in [2.24, 2.45) is 5.41 Å². The Labute approximate surface area is 128 Å². The van der Waals surface area contributed by atoms with Gasteiger partial charge in [0.25, 0.3) is 0 Å². The molecule has 4 nitrogen and oxygen atoms in total. The number of nitrogens with two attached hydrogens (primary N) is 1. The van der Waals surface area contributed by atoms with Gasteiger partial charge in [-0.05, 0) is 55.7 Å². The molecule has 5 heteroatoms. The zero-order chi connectivity index (χ0) is 15.8. The quantitative estimate of drug-likeness (QED) is 0.840. The summed E-state index contributed by atoms with van der Waals surface area (Å²) in [6.07, 6.45) is 4.55. The highest BCUT2D eigenvalue weighted by molar-refractivity contribution is 7.89. The molecule has 0 aromatic heterocycles. The minimum Gasteiger partial charge on any atom is -0.398 e. The van der Waals surface area contributed by atoms with Crippen LogP contribution in [0, 0.1) is 26.2 Å². The van der Waals surface area contributed by atoms with Crippen molar-refractivity contribution in [2.75, 3.05) is 12.3 Å². The number of hydrogen-bond acceptors (Lipinski definition) is 3. The molecule has 0 bridgehead atoms. The van der Waals surface area contributed by atoms with Crippen molar-refractivity contribution in [1.82, 2.24) is 4.72 Å². The third-order valence-electron chi connectivity index (χ3n) is 4.73. The van der Waals surface area contributed by atoms with E-state index in [4.69, 9.17) is 5.73 Å². The second-order valence-corrected chi connectivity index (χ2v) is 8.42. The first kappa shape index (κ1) is 16.3. The number of benzene rings is 1. The summed E-state index contributed by atoms with van der Waals surface area (Å²) in [7, 11) is -3.52. The van der Waals surface area contributed by atoms with E-state index >= 15 is 0 Å². The van der Waals surface area contributed by atoms with Crippen LogP contribution in [0.15, 0.2) is 11.0 Å². The van der Waals surface area contributed by atoms with Crippen molar-refractivity contribution in [3.05, 3.63) is 22.8 Å². The van der Waals surface area contributed by atoms with Gasteiger partial charge in [-0.25, -0.2) is 13.1 Å². The van der Waals surface area contributed by atoms with E-state index in [1.165, 1.54) is 12.8 Å². The van der Waals surface area contributed by atoms with E-state index < -0.39 is 10.0 Å². The predicted molar refractivity (Wildman–Crippen MR) is 86.8 cm³/mol. The number of sulfonamides is 1. The van der Waals surface area contributed by atoms with Gasteiger partial charge in [-0.15, -0.1) is 0 Å². The van der Waals surface area contributed by atoms with Crippen LogP contribution in [0.4, 0.5) is 5.69 Å². The average Bonchev–Trinajstić information content (AvgIpc) is 2.81. The molecule has 2 rings (SSSR count). The maximum absolute atomic E-state index is 12.7. The third kappa shape index (κ3) is 3.24. The summed E-state index contributed by atoms with van der Waals surface area (Å²) in [6, 6.07) is 1.84. The molecular weight excluding hydrogens is 284 g/mol. The van der Waals surface area contributed by atoms with Crippen molar-refractivity contribution >= 4 is 15.7 Å². The fraction of sp³-hybridized carbons (Fsp3) is 0.625. The zero-order valence-corrected chi connectivity index (χ0v) is 14.2. The molecule has 0 spiro atoms. The van der Waals surface area contributed by atoms with Crippen LogP contribution in [0.3, 0.4) is 0 Å². The summed E-state index contributed by atoms with van der Waals surface area (Å²) < 4.78 is 28.1. The van der Waals surface area contributed by atoms with E-state index in [0.717, 1.165) is 24.0 Å². The Balaban J connectivity index is 2.30. The lowest BCUT2D eigenvalue weighted by Crippen LogP contribution is -2.34. The first-order valence-electron chi connectivity index (χ1n) is 7.52. The smallest absolute Gasteiger partial charge is 0.241 e. The van der Waals surface area contributed by atoms with E-state index in [9.17, 15) is 8.42 Å². The molecule has 0 atom stereocenters. The molecule has 0 heterocycles. The van der Waals surface area contributed by atoms with Crippen LogP contribution in [-0.4, -0.2) is 15.0 Å². The molecule has 0 radical (unpaired) electrons. The van der Waals surface area contributed by atoms with E-state index in [1.807, 2.05) is 19.9 Å². The second-order valence-electron chi connectivity index (χ2n) is 6.72. The molecule has 1 aromatic carbocycles. The van der Waals surface area contributed by atoms with Crippen LogP contribution in [0.25, 0.3) is 0 Å². The first-order chi connectivity index (χ1) is 9.66. The lowest BCUT2D eigenvalue weighted by molar-refractivity contribution is 0.336. The molecule has 118 valence electrons. The number of rotatable bonds is 4.